The Bertz CT molecular complexity index is 1300. The lowest BCUT2D eigenvalue weighted by Gasteiger charge is -2.24. The lowest BCUT2D eigenvalue weighted by molar-refractivity contribution is -0.135. The molecule has 2 aromatic heterocycles. The number of nitrogens with zero attached hydrogens (tertiary/aromatic N) is 2. The Hall–Kier alpha value is -3.71. The first kappa shape index (κ1) is 19.3. The van der Waals surface area contributed by atoms with Gasteiger partial charge in [-0.25, -0.2) is 0 Å². The van der Waals surface area contributed by atoms with E-state index in [1.807, 2.05) is 6.07 Å². The van der Waals surface area contributed by atoms with Crippen LogP contribution in [0.5, 0.6) is 0 Å². The smallest absolute Gasteiger partial charge is 0.297 e. The first-order valence-electron chi connectivity index (χ1n) is 9.53. The Morgan fingerprint density at radius 3 is 2.48 bits per heavy atom. The van der Waals surface area contributed by atoms with Gasteiger partial charge in [0.25, 0.3) is 5.91 Å². The molecule has 1 amide bonds. The van der Waals surface area contributed by atoms with Crippen LogP contribution in [-0.4, -0.2) is 22.6 Å². The van der Waals surface area contributed by atoms with Gasteiger partial charge in [0.1, 0.15) is 17.3 Å². The van der Waals surface area contributed by atoms with Crippen LogP contribution in [0.2, 0.25) is 5.02 Å². The molecule has 0 bridgehead atoms. The zero-order valence-corrected chi connectivity index (χ0v) is 17.0. The van der Waals surface area contributed by atoms with Crippen molar-refractivity contribution in [1.29, 1.82) is 0 Å². The maximum absolute atomic E-state index is 13.4. The largest absolute Gasteiger partial charge is 0.453 e. The van der Waals surface area contributed by atoms with E-state index in [0.717, 1.165) is 5.39 Å². The molecule has 1 aliphatic heterocycles. The number of aromatic nitrogens is 1. The van der Waals surface area contributed by atoms with Crippen molar-refractivity contribution in [2.75, 3.05) is 4.90 Å². The molecule has 0 spiro atoms. The maximum atomic E-state index is 13.4. The van der Waals surface area contributed by atoms with E-state index in [9.17, 15) is 14.4 Å². The van der Waals surface area contributed by atoms with Crippen molar-refractivity contribution in [3.8, 4) is 0 Å². The van der Waals surface area contributed by atoms with E-state index in [1.54, 1.807) is 61.5 Å². The third-order valence-corrected chi connectivity index (χ3v) is 5.58. The average Bonchev–Trinajstić information content (AvgIpc) is 3.45. The summed E-state index contributed by atoms with van der Waals surface area (Å²) >= 11 is 6.02. The Morgan fingerprint density at radius 2 is 1.81 bits per heavy atom. The molecule has 154 valence electrons. The lowest BCUT2D eigenvalue weighted by atomic mass is 9.88. The molecule has 0 aliphatic carbocycles. The van der Waals surface area contributed by atoms with Crippen LogP contribution in [-0.2, 0) is 9.59 Å². The topological polar surface area (TPSA) is 93.6 Å². The molecular formula is C23H15ClN2O5. The molecule has 1 aliphatic rings. The van der Waals surface area contributed by atoms with E-state index in [-0.39, 0.29) is 11.6 Å². The number of ketones is 2. The van der Waals surface area contributed by atoms with E-state index in [0.29, 0.717) is 21.9 Å². The Morgan fingerprint density at radius 1 is 1.06 bits per heavy atom. The predicted molar refractivity (Wildman–Crippen MR) is 112 cm³/mol. The number of carbonyl (C=O) groups excluding carboxylic acids is 3. The van der Waals surface area contributed by atoms with Gasteiger partial charge in [-0.1, -0.05) is 47.1 Å². The first-order chi connectivity index (χ1) is 14.9. The molecule has 8 heteroatoms. The summed E-state index contributed by atoms with van der Waals surface area (Å²) in [5, 5.41) is 5.11. The van der Waals surface area contributed by atoms with Crippen LogP contribution >= 0.6 is 11.6 Å². The number of anilines is 1. The van der Waals surface area contributed by atoms with Gasteiger partial charge in [-0.3, -0.25) is 19.3 Å². The second kappa shape index (κ2) is 7.21. The monoisotopic (exact) mass is 434 g/mol. The summed E-state index contributed by atoms with van der Waals surface area (Å²) in [6.45, 7) is 1.67. The summed E-state index contributed by atoms with van der Waals surface area (Å²) in [5.41, 5.74) is 1.09. The maximum Gasteiger partial charge on any atom is 0.297 e. The third kappa shape index (κ3) is 3.14. The number of halogens is 1. The summed E-state index contributed by atoms with van der Waals surface area (Å²) in [4.78, 5) is 40.7. The van der Waals surface area contributed by atoms with Crippen LogP contribution < -0.4 is 4.90 Å². The van der Waals surface area contributed by atoms with Crippen LogP contribution in [0.1, 0.15) is 27.9 Å². The number of benzene rings is 2. The SMILES string of the molecule is Cc1cc(N2C(=O)C(=O)C(C(=O)c3cc4ccccc4o3)C2c2ccc(Cl)cc2)no1. The average molecular weight is 435 g/mol. The highest BCUT2D eigenvalue weighted by Gasteiger charge is 2.53. The number of amides is 1. The van der Waals surface area contributed by atoms with Crippen LogP contribution in [0.15, 0.2) is 69.6 Å². The molecule has 7 nitrogen and oxygen atoms in total. The van der Waals surface area contributed by atoms with Crippen molar-refractivity contribution in [1.82, 2.24) is 5.16 Å². The van der Waals surface area contributed by atoms with Gasteiger partial charge in [-0.15, -0.1) is 0 Å². The summed E-state index contributed by atoms with van der Waals surface area (Å²) in [6, 6.07) is 16.0. The van der Waals surface area contributed by atoms with Gasteiger partial charge >= 0.3 is 0 Å². The summed E-state index contributed by atoms with van der Waals surface area (Å²) in [7, 11) is 0. The predicted octanol–water partition coefficient (Wildman–Crippen LogP) is 4.54. The van der Waals surface area contributed by atoms with Crippen molar-refractivity contribution in [3.05, 3.63) is 82.8 Å². The van der Waals surface area contributed by atoms with Gasteiger partial charge in [-0.05, 0) is 36.8 Å². The van der Waals surface area contributed by atoms with E-state index in [4.69, 9.17) is 20.5 Å². The third-order valence-electron chi connectivity index (χ3n) is 5.33. The van der Waals surface area contributed by atoms with E-state index >= 15 is 0 Å². The molecule has 0 N–H and O–H groups in total. The molecule has 2 aromatic carbocycles. The molecule has 3 heterocycles. The molecule has 0 radical (unpaired) electrons. The van der Waals surface area contributed by atoms with Gasteiger partial charge in [0.15, 0.2) is 11.6 Å². The highest BCUT2D eigenvalue weighted by Crippen LogP contribution is 2.41. The fraction of sp³-hybridized carbons (Fsp3) is 0.130. The number of aryl methyl sites for hydroxylation is 1. The first-order valence-corrected chi connectivity index (χ1v) is 9.91. The normalized spacial score (nSPS) is 18.8. The van der Waals surface area contributed by atoms with Gasteiger partial charge < -0.3 is 8.94 Å². The van der Waals surface area contributed by atoms with Crippen molar-refractivity contribution < 1.29 is 23.3 Å². The van der Waals surface area contributed by atoms with Crippen molar-refractivity contribution in [2.45, 2.75) is 13.0 Å². The van der Waals surface area contributed by atoms with Crippen LogP contribution in [0.4, 0.5) is 5.82 Å². The van der Waals surface area contributed by atoms with E-state index < -0.39 is 29.4 Å². The molecule has 1 fully saturated rings. The number of hydrogen-bond acceptors (Lipinski definition) is 6. The molecule has 31 heavy (non-hydrogen) atoms. The fourth-order valence-corrected chi connectivity index (χ4v) is 4.03. The number of carbonyl (C=O) groups is 3. The zero-order valence-electron chi connectivity index (χ0n) is 16.2. The summed E-state index contributed by atoms with van der Waals surface area (Å²) in [5.74, 6) is -2.88. The number of furan rings is 1. The van der Waals surface area contributed by atoms with Crippen LogP contribution in [0.25, 0.3) is 11.0 Å². The van der Waals surface area contributed by atoms with Crippen molar-refractivity contribution in [2.24, 2.45) is 5.92 Å². The van der Waals surface area contributed by atoms with Crippen molar-refractivity contribution in [3.63, 3.8) is 0 Å². The van der Waals surface area contributed by atoms with Crippen LogP contribution in [0.3, 0.4) is 0 Å². The molecule has 5 rings (SSSR count). The van der Waals surface area contributed by atoms with Gasteiger partial charge in [0, 0.05) is 16.5 Å². The minimum atomic E-state index is -1.30. The number of Topliss-reactive ketones (excluding diaryl/α,β-unsaturated/α-hetero) is 2. The molecule has 2 unspecified atom stereocenters. The molecule has 0 saturated carbocycles. The van der Waals surface area contributed by atoms with Gasteiger partial charge in [0.05, 0.1) is 6.04 Å². The second-order valence-corrected chi connectivity index (χ2v) is 7.76. The van der Waals surface area contributed by atoms with E-state index in [2.05, 4.69) is 5.16 Å². The Balaban J connectivity index is 1.64. The lowest BCUT2D eigenvalue weighted by Crippen LogP contribution is -2.30. The summed E-state index contributed by atoms with van der Waals surface area (Å²) < 4.78 is 10.8. The Kier molecular flexibility index (Phi) is 4.48. The highest BCUT2D eigenvalue weighted by molar-refractivity contribution is 6.48. The van der Waals surface area contributed by atoms with Crippen molar-refractivity contribution >= 4 is 45.9 Å². The second-order valence-electron chi connectivity index (χ2n) is 7.32. The summed E-state index contributed by atoms with van der Waals surface area (Å²) in [6.07, 6.45) is 0. The van der Waals surface area contributed by atoms with Crippen LogP contribution in [0, 0.1) is 12.8 Å². The molecule has 2 atom stereocenters. The number of hydrogen-bond donors (Lipinski definition) is 0. The highest BCUT2D eigenvalue weighted by atomic mass is 35.5. The minimum Gasteiger partial charge on any atom is -0.453 e. The number of rotatable bonds is 4. The molecular weight excluding hydrogens is 420 g/mol. The standard InChI is InChI=1S/C23H15ClN2O5/c1-12-10-18(25-31-12)26-20(13-6-8-15(24)9-7-13)19(22(28)23(26)29)21(27)17-11-14-4-2-3-5-16(14)30-17/h2-11,19-20H,1H3. The van der Waals surface area contributed by atoms with E-state index in [1.165, 1.54) is 4.90 Å². The number of para-hydroxylation sites is 1. The zero-order chi connectivity index (χ0) is 21.7. The molecule has 4 aromatic rings. The van der Waals surface area contributed by atoms with Gasteiger partial charge in [0.2, 0.25) is 11.6 Å². The number of fused-ring (bicyclic) bond motifs is 1. The quantitative estimate of drug-likeness (QED) is 0.266. The minimum absolute atomic E-state index is 0.0181. The Labute approximate surface area is 181 Å². The fourth-order valence-electron chi connectivity index (χ4n) is 3.90. The van der Waals surface area contributed by atoms with Gasteiger partial charge in [-0.2, -0.15) is 0 Å². The molecule has 1 saturated heterocycles.